The molecular formula is C13H27NO. The summed E-state index contributed by atoms with van der Waals surface area (Å²) in [6.07, 6.45) is 4.20. The predicted octanol–water partition coefficient (Wildman–Crippen LogP) is 2.68. The van der Waals surface area contributed by atoms with Crippen molar-refractivity contribution in [2.24, 2.45) is 17.3 Å². The molecule has 0 bridgehead atoms. The topological polar surface area (TPSA) is 21.3 Å². The first kappa shape index (κ1) is 13.0. The van der Waals surface area contributed by atoms with Crippen LogP contribution in [0.4, 0.5) is 0 Å². The Morgan fingerprint density at radius 1 is 1.47 bits per heavy atom. The third-order valence-corrected chi connectivity index (χ3v) is 3.70. The fourth-order valence-corrected chi connectivity index (χ4v) is 2.20. The summed E-state index contributed by atoms with van der Waals surface area (Å²) in [5.74, 6) is 1.76. The number of nitrogens with one attached hydrogen (secondary N) is 1. The first-order valence-corrected chi connectivity index (χ1v) is 6.28. The molecule has 1 aliphatic carbocycles. The van der Waals surface area contributed by atoms with Crippen LogP contribution in [0.5, 0.6) is 0 Å². The van der Waals surface area contributed by atoms with E-state index in [0.29, 0.717) is 5.41 Å². The molecule has 0 radical (unpaired) electrons. The fraction of sp³-hybridized carbons (Fsp3) is 1.00. The summed E-state index contributed by atoms with van der Waals surface area (Å²) in [6, 6.07) is 0. The number of ether oxygens (including phenoxy) is 1. The summed E-state index contributed by atoms with van der Waals surface area (Å²) in [4.78, 5) is 0. The first-order chi connectivity index (χ1) is 7.08. The Kier molecular flexibility index (Phi) is 5.07. The molecule has 0 aromatic heterocycles. The first-order valence-electron chi connectivity index (χ1n) is 6.28. The van der Waals surface area contributed by atoms with Gasteiger partial charge in [0.05, 0.1) is 6.61 Å². The van der Waals surface area contributed by atoms with Gasteiger partial charge in [-0.25, -0.2) is 0 Å². The third kappa shape index (κ3) is 4.52. The van der Waals surface area contributed by atoms with E-state index in [1.807, 2.05) is 0 Å². The van der Waals surface area contributed by atoms with Crippen molar-refractivity contribution in [1.82, 2.24) is 5.32 Å². The number of hydrogen-bond acceptors (Lipinski definition) is 2. The molecule has 0 spiro atoms. The number of hydrogen-bond donors (Lipinski definition) is 1. The van der Waals surface area contributed by atoms with Gasteiger partial charge in [0.2, 0.25) is 0 Å². The molecule has 0 aromatic rings. The van der Waals surface area contributed by atoms with Crippen LogP contribution in [0.1, 0.15) is 40.0 Å². The molecule has 15 heavy (non-hydrogen) atoms. The normalized spacial score (nSPS) is 29.8. The molecule has 0 heterocycles. The predicted molar refractivity (Wildman–Crippen MR) is 65.0 cm³/mol. The average molecular weight is 213 g/mol. The van der Waals surface area contributed by atoms with Gasteiger partial charge < -0.3 is 10.1 Å². The van der Waals surface area contributed by atoms with Gasteiger partial charge in [0, 0.05) is 13.7 Å². The van der Waals surface area contributed by atoms with E-state index in [4.69, 9.17) is 4.74 Å². The maximum atomic E-state index is 5.01. The Balaban J connectivity index is 2.04. The van der Waals surface area contributed by atoms with Gasteiger partial charge in [-0.3, -0.25) is 0 Å². The van der Waals surface area contributed by atoms with Crippen LogP contribution in [-0.4, -0.2) is 26.8 Å². The van der Waals surface area contributed by atoms with Crippen LogP contribution in [-0.2, 0) is 4.74 Å². The molecule has 1 fully saturated rings. The lowest BCUT2D eigenvalue weighted by Crippen LogP contribution is -2.23. The van der Waals surface area contributed by atoms with Crippen LogP contribution in [0.15, 0.2) is 0 Å². The average Bonchev–Trinajstić information content (AvgIpc) is 2.83. The van der Waals surface area contributed by atoms with E-state index in [-0.39, 0.29) is 0 Å². The van der Waals surface area contributed by atoms with Crippen LogP contribution < -0.4 is 5.32 Å². The van der Waals surface area contributed by atoms with Crippen molar-refractivity contribution in [2.45, 2.75) is 40.0 Å². The molecule has 0 aromatic carbocycles. The minimum atomic E-state index is 0.643. The van der Waals surface area contributed by atoms with Crippen LogP contribution >= 0.6 is 0 Å². The monoisotopic (exact) mass is 213 g/mol. The second-order valence-electron chi connectivity index (χ2n) is 5.68. The molecule has 90 valence electrons. The van der Waals surface area contributed by atoms with Crippen LogP contribution in [0.25, 0.3) is 0 Å². The number of rotatable bonds is 8. The van der Waals surface area contributed by atoms with Crippen molar-refractivity contribution >= 4 is 0 Å². The molecule has 2 nitrogen and oxygen atoms in total. The second kappa shape index (κ2) is 5.86. The lowest BCUT2D eigenvalue weighted by atomic mass is 9.95. The zero-order valence-electron chi connectivity index (χ0n) is 10.8. The van der Waals surface area contributed by atoms with Gasteiger partial charge in [-0.2, -0.15) is 0 Å². The molecule has 1 saturated carbocycles. The van der Waals surface area contributed by atoms with E-state index in [9.17, 15) is 0 Å². The van der Waals surface area contributed by atoms with Crippen molar-refractivity contribution in [3.8, 4) is 0 Å². The zero-order chi connectivity index (χ0) is 11.3. The molecule has 2 atom stereocenters. The molecule has 2 unspecified atom stereocenters. The highest BCUT2D eigenvalue weighted by molar-refractivity contribution is 4.99. The Hall–Kier alpha value is -0.0800. The molecule has 0 saturated heterocycles. The van der Waals surface area contributed by atoms with Gasteiger partial charge in [0.1, 0.15) is 0 Å². The maximum absolute atomic E-state index is 5.01. The lowest BCUT2D eigenvalue weighted by Gasteiger charge is -2.13. The van der Waals surface area contributed by atoms with Crippen LogP contribution in [0.2, 0.25) is 0 Å². The fourth-order valence-electron chi connectivity index (χ4n) is 2.20. The maximum Gasteiger partial charge on any atom is 0.0587 e. The summed E-state index contributed by atoms with van der Waals surface area (Å²) < 4.78 is 5.01. The Bertz CT molecular complexity index is 181. The van der Waals surface area contributed by atoms with E-state index in [0.717, 1.165) is 25.0 Å². The van der Waals surface area contributed by atoms with E-state index >= 15 is 0 Å². The minimum absolute atomic E-state index is 0.643. The summed E-state index contributed by atoms with van der Waals surface area (Å²) >= 11 is 0. The highest BCUT2D eigenvalue weighted by atomic mass is 16.5. The molecule has 0 aliphatic heterocycles. The van der Waals surface area contributed by atoms with Gasteiger partial charge in [0.25, 0.3) is 0 Å². The highest BCUT2D eigenvalue weighted by Crippen LogP contribution is 2.55. The molecule has 1 rings (SSSR count). The summed E-state index contributed by atoms with van der Waals surface area (Å²) in [6.45, 7) is 10.1. The molecule has 0 amide bonds. The van der Waals surface area contributed by atoms with Gasteiger partial charge in [-0.05, 0) is 36.6 Å². The van der Waals surface area contributed by atoms with Crippen molar-refractivity contribution in [3.63, 3.8) is 0 Å². The quantitative estimate of drug-likeness (QED) is 0.626. The number of methoxy groups -OCH3 is 1. The summed E-state index contributed by atoms with van der Waals surface area (Å²) in [7, 11) is 1.76. The summed E-state index contributed by atoms with van der Waals surface area (Å²) in [5.41, 5.74) is 0.643. The van der Waals surface area contributed by atoms with Crippen LogP contribution in [0.3, 0.4) is 0 Å². The lowest BCUT2D eigenvalue weighted by molar-refractivity contribution is 0.198. The molecule has 1 N–H and O–H groups in total. The second-order valence-corrected chi connectivity index (χ2v) is 5.68. The Morgan fingerprint density at radius 2 is 2.20 bits per heavy atom. The van der Waals surface area contributed by atoms with Crippen molar-refractivity contribution in [3.05, 3.63) is 0 Å². The van der Waals surface area contributed by atoms with Gasteiger partial charge >= 0.3 is 0 Å². The van der Waals surface area contributed by atoms with Gasteiger partial charge in [-0.1, -0.05) is 27.2 Å². The molecular weight excluding hydrogens is 186 g/mol. The molecule has 2 heteroatoms. The van der Waals surface area contributed by atoms with E-state index < -0.39 is 0 Å². The van der Waals surface area contributed by atoms with Gasteiger partial charge in [-0.15, -0.1) is 0 Å². The van der Waals surface area contributed by atoms with Crippen LogP contribution in [0, 0.1) is 17.3 Å². The van der Waals surface area contributed by atoms with E-state index in [2.05, 4.69) is 26.1 Å². The Morgan fingerprint density at radius 3 is 2.80 bits per heavy atom. The van der Waals surface area contributed by atoms with E-state index in [1.165, 1.54) is 25.8 Å². The third-order valence-electron chi connectivity index (χ3n) is 3.70. The van der Waals surface area contributed by atoms with Gasteiger partial charge in [0.15, 0.2) is 0 Å². The smallest absolute Gasteiger partial charge is 0.0587 e. The zero-order valence-corrected chi connectivity index (χ0v) is 10.8. The van der Waals surface area contributed by atoms with E-state index in [1.54, 1.807) is 7.11 Å². The Labute approximate surface area is 94.8 Å². The SMILES string of the molecule is COCCNCC1CC1(C)CCC(C)C. The van der Waals surface area contributed by atoms with Crippen molar-refractivity contribution < 1.29 is 4.74 Å². The largest absolute Gasteiger partial charge is 0.383 e. The summed E-state index contributed by atoms with van der Waals surface area (Å²) in [5, 5.41) is 3.47. The minimum Gasteiger partial charge on any atom is -0.383 e. The highest BCUT2D eigenvalue weighted by Gasteiger charge is 2.48. The standard InChI is InChI=1S/C13H27NO/c1-11(2)5-6-13(3)9-12(13)10-14-7-8-15-4/h11-12,14H,5-10H2,1-4H3. The molecule has 1 aliphatic rings. The van der Waals surface area contributed by atoms with Crippen molar-refractivity contribution in [2.75, 3.05) is 26.8 Å². The van der Waals surface area contributed by atoms with Crippen molar-refractivity contribution in [1.29, 1.82) is 0 Å².